The SMILES string of the molecule is CCOC(=O)c1c(C)[nH]c(C(=O)Nc2ccc(N3CCN(C)CC3)nc2)c1C. The van der Waals surface area contributed by atoms with Crippen molar-refractivity contribution in [2.75, 3.05) is 50.1 Å². The number of carbonyl (C=O) groups excluding carboxylic acids is 2. The molecule has 3 heterocycles. The fourth-order valence-electron chi connectivity index (χ4n) is 3.36. The Hall–Kier alpha value is -2.87. The molecule has 3 rings (SSSR count). The quantitative estimate of drug-likeness (QED) is 0.767. The number of nitrogens with zero attached hydrogens (tertiary/aromatic N) is 3. The lowest BCUT2D eigenvalue weighted by Gasteiger charge is -2.33. The van der Waals surface area contributed by atoms with E-state index in [2.05, 4.69) is 32.1 Å². The highest BCUT2D eigenvalue weighted by molar-refractivity contribution is 6.06. The molecule has 0 bridgehead atoms. The van der Waals surface area contributed by atoms with E-state index in [-0.39, 0.29) is 12.5 Å². The molecule has 28 heavy (non-hydrogen) atoms. The predicted octanol–water partition coefficient (Wildman–Crippen LogP) is 2.21. The Morgan fingerprint density at radius 1 is 1.21 bits per heavy atom. The summed E-state index contributed by atoms with van der Waals surface area (Å²) < 4.78 is 5.07. The Kier molecular flexibility index (Phi) is 5.99. The van der Waals surface area contributed by atoms with E-state index in [1.165, 1.54) is 0 Å². The standard InChI is InChI=1S/C20H27N5O3/c1-5-28-20(27)17-13(2)18(22-14(17)3)19(26)23-15-6-7-16(21-12-15)25-10-8-24(4)9-11-25/h6-7,12,22H,5,8-11H2,1-4H3,(H,23,26). The molecule has 8 nitrogen and oxygen atoms in total. The molecule has 1 amide bonds. The second-order valence-corrected chi connectivity index (χ2v) is 6.99. The topological polar surface area (TPSA) is 90.6 Å². The Morgan fingerprint density at radius 2 is 1.93 bits per heavy atom. The number of hydrogen-bond donors (Lipinski definition) is 2. The molecule has 1 saturated heterocycles. The van der Waals surface area contributed by atoms with Crippen LogP contribution < -0.4 is 10.2 Å². The molecule has 0 aliphatic carbocycles. The van der Waals surface area contributed by atoms with Crippen LogP contribution in [0.25, 0.3) is 0 Å². The number of likely N-dealkylation sites (N-methyl/N-ethyl adjacent to an activating group) is 1. The first-order chi connectivity index (χ1) is 13.4. The molecule has 2 aromatic rings. The summed E-state index contributed by atoms with van der Waals surface area (Å²) in [4.78, 5) is 36.8. The second-order valence-electron chi connectivity index (χ2n) is 6.99. The molecule has 1 aliphatic rings. The van der Waals surface area contributed by atoms with Gasteiger partial charge in [-0.1, -0.05) is 0 Å². The molecule has 0 saturated carbocycles. The van der Waals surface area contributed by atoms with Crippen molar-refractivity contribution in [2.24, 2.45) is 0 Å². The highest BCUT2D eigenvalue weighted by Gasteiger charge is 2.23. The van der Waals surface area contributed by atoms with Crippen LogP contribution in [0.4, 0.5) is 11.5 Å². The number of aromatic amines is 1. The molecular formula is C20H27N5O3. The van der Waals surface area contributed by atoms with Gasteiger partial charge in [0.2, 0.25) is 0 Å². The van der Waals surface area contributed by atoms with Crippen molar-refractivity contribution in [3.05, 3.63) is 40.8 Å². The maximum atomic E-state index is 12.7. The fourth-order valence-corrected chi connectivity index (χ4v) is 3.36. The number of piperazine rings is 1. The Balaban J connectivity index is 1.70. The molecule has 2 N–H and O–H groups in total. The van der Waals surface area contributed by atoms with Crippen LogP contribution in [0, 0.1) is 13.8 Å². The molecule has 8 heteroatoms. The van der Waals surface area contributed by atoms with Gasteiger partial charge in [0.25, 0.3) is 5.91 Å². The zero-order valence-electron chi connectivity index (χ0n) is 16.8. The normalized spacial score (nSPS) is 14.8. The number of aryl methyl sites for hydroxylation is 1. The average molecular weight is 385 g/mol. The summed E-state index contributed by atoms with van der Waals surface area (Å²) in [5.41, 5.74) is 2.56. The van der Waals surface area contributed by atoms with E-state index in [1.807, 2.05) is 12.1 Å². The molecule has 1 aliphatic heterocycles. The number of ether oxygens (including phenoxy) is 1. The van der Waals surface area contributed by atoms with Gasteiger partial charge in [-0.15, -0.1) is 0 Å². The summed E-state index contributed by atoms with van der Waals surface area (Å²) >= 11 is 0. The van der Waals surface area contributed by atoms with Crippen molar-refractivity contribution in [2.45, 2.75) is 20.8 Å². The molecule has 0 unspecified atom stereocenters. The van der Waals surface area contributed by atoms with Gasteiger partial charge in [0, 0.05) is 31.9 Å². The molecule has 0 aromatic carbocycles. The summed E-state index contributed by atoms with van der Waals surface area (Å²) in [6.07, 6.45) is 1.66. The Labute approximate surface area is 164 Å². The molecule has 0 radical (unpaired) electrons. The van der Waals surface area contributed by atoms with Crippen molar-refractivity contribution in [1.29, 1.82) is 0 Å². The number of carbonyl (C=O) groups is 2. The van der Waals surface area contributed by atoms with Crippen molar-refractivity contribution in [3.63, 3.8) is 0 Å². The third-order valence-corrected chi connectivity index (χ3v) is 4.98. The average Bonchev–Trinajstić information content (AvgIpc) is 2.97. The van der Waals surface area contributed by atoms with Crippen LogP contribution in [-0.4, -0.2) is 66.6 Å². The van der Waals surface area contributed by atoms with Crippen LogP contribution in [0.2, 0.25) is 0 Å². The number of pyridine rings is 1. The van der Waals surface area contributed by atoms with E-state index >= 15 is 0 Å². The van der Waals surface area contributed by atoms with Crippen LogP contribution >= 0.6 is 0 Å². The maximum Gasteiger partial charge on any atom is 0.340 e. The van der Waals surface area contributed by atoms with Gasteiger partial charge in [0.1, 0.15) is 11.5 Å². The van der Waals surface area contributed by atoms with Crippen LogP contribution in [0.15, 0.2) is 18.3 Å². The Morgan fingerprint density at radius 3 is 2.54 bits per heavy atom. The lowest BCUT2D eigenvalue weighted by Crippen LogP contribution is -2.44. The maximum absolute atomic E-state index is 12.7. The summed E-state index contributed by atoms with van der Waals surface area (Å²) in [5, 5.41) is 2.84. The molecule has 2 aromatic heterocycles. The van der Waals surface area contributed by atoms with E-state index in [1.54, 1.807) is 27.0 Å². The molecule has 150 valence electrons. The van der Waals surface area contributed by atoms with Crippen LogP contribution in [-0.2, 0) is 4.74 Å². The zero-order valence-corrected chi connectivity index (χ0v) is 16.8. The molecule has 0 atom stereocenters. The van der Waals surface area contributed by atoms with Gasteiger partial charge in [-0.3, -0.25) is 4.79 Å². The summed E-state index contributed by atoms with van der Waals surface area (Å²) in [6, 6.07) is 3.76. The summed E-state index contributed by atoms with van der Waals surface area (Å²) in [7, 11) is 2.11. The number of rotatable bonds is 5. The van der Waals surface area contributed by atoms with Crippen LogP contribution in [0.5, 0.6) is 0 Å². The first-order valence-corrected chi connectivity index (χ1v) is 9.48. The highest BCUT2D eigenvalue weighted by atomic mass is 16.5. The van der Waals surface area contributed by atoms with Crippen molar-refractivity contribution < 1.29 is 14.3 Å². The van der Waals surface area contributed by atoms with Crippen molar-refractivity contribution in [1.82, 2.24) is 14.9 Å². The second kappa shape index (κ2) is 8.43. The molecule has 0 spiro atoms. The van der Waals surface area contributed by atoms with E-state index in [0.717, 1.165) is 32.0 Å². The van der Waals surface area contributed by atoms with E-state index < -0.39 is 5.97 Å². The summed E-state index contributed by atoms with van der Waals surface area (Å²) in [5.74, 6) is 0.166. The number of aromatic nitrogens is 2. The number of nitrogens with one attached hydrogen (secondary N) is 2. The number of amides is 1. The largest absolute Gasteiger partial charge is 0.462 e. The van der Waals surface area contributed by atoms with Crippen LogP contribution in [0.1, 0.15) is 39.0 Å². The molecular weight excluding hydrogens is 358 g/mol. The van der Waals surface area contributed by atoms with Crippen molar-refractivity contribution >= 4 is 23.4 Å². The van der Waals surface area contributed by atoms with Gasteiger partial charge in [-0.2, -0.15) is 0 Å². The first kappa shape index (κ1) is 19.9. The smallest absolute Gasteiger partial charge is 0.340 e. The van der Waals surface area contributed by atoms with E-state index in [0.29, 0.717) is 28.2 Å². The zero-order chi connectivity index (χ0) is 20.3. The minimum absolute atomic E-state index is 0.287. The monoisotopic (exact) mass is 385 g/mol. The molecule has 1 fully saturated rings. The van der Waals surface area contributed by atoms with Gasteiger partial charge < -0.3 is 24.8 Å². The lowest BCUT2D eigenvalue weighted by molar-refractivity contribution is 0.0525. The van der Waals surface area contributed by atoms with Gasteiger partial charge in [-0.05, 0) is 45.5 Å². The number of esters is 1. The van der Waals surface area contributed by atoms with E-state index in [9.17, 15) is 9.59 Å². The minimum Gasteiger partial charge on any atom is -0.462 e. The fraction of sp³-hybridized carbons (Fsp3) is 0.450. The van der Waals surface area contributed by atoms with Crippen molar-refractivity contribution in [3.8, 4) is 0 Å². The van der Waals surface area contributed by atoms with Gasteiger partial charge in [0.05, 0.1) is 24.1 Å². The number of anilines is 2. The first-order valence-electron chi connectivity index (χ1n) is 9.48. The summed E-state index contributed by atoms with van der Waals surface area (Å²) in [6.45, 7) is 9.42. The minimum atomic E-state index is -0.425. The van der Waals surface area contributed by atoms with Gasteiger partial charge >= 0.3 is 5.97 Å². The third kappa shape index (κ3) is 4.17. The highest BCUT2D eigenvalue weighted by Crippen LogP contribution is 2.21. The van der Waals surface area contributed by atoms with E-state index in [4.69, 9.17) is 4.74 Å². The number of hydrogen-bond acceptors (Lipinski definition) is 6. The van der Waals surface area contributed by atoms with Gasteiger partial charge in [0.15, 0.2) is 0 Å². The van der Waals surface area contributed by atoms with Crippen LogP contribution in [0.3, 0.4) is 0 Å². The number of H-pyrrole nitrogens is 1. The Bertz CT molecular complexity index is 851. The predicted molar refractivity (Wildman–Crippen MR) is 108 cm³/mol. The lowest BCUT2D eigenvalue weighted by atomic mass is 10.1. The van der Waals surface area contributed by atoms with Gasteiger partial charge in [-0.25, -0.2) is 9.78 Å². The third-order valence-electron chi connectivity index (χ3n) is 4.98.